The molecule has 1 aliphatic carbocycles. The van der Waals surface area contributed by atoms with E-state index in [0.717, 1.165) is 36.1 Å². The summed E-state index contributed by atoms with van der Waals surface area (Å²) in [6, 6.07) is 5.40. The fourth-order valence-corrected chi connectivity index (χ4v) is 3.80. The Kier molecular flexibility index (Phi) is 5.82. The van der Waals surface area contributed by atoms with Crippen LogP contribution in [0.2, 0.25) is 0 Å². The van der Waals surface area contributed by atoms with E-state index >= 15 is 0 Å². The molecule has 2 rings (SSSR count). The van der Waals surface area contributed by atoms with Gasteiger partial charge in [0.2, 0.25) is 0 Å². The predicted octanol–water partition coefficient (Wildman–Crippen LogP) is 1.90. The smallest absolute Gasteiger partial charge is 0.277 e. The molecule has 20 heavy (non-hydrogen) atoms. The molecular weight excluding hydrogens is 298 g/mol. The van der Waals surface area contributed by atoms with Gasteiger partial charge in [-0.15, -0.1) is 12.4 Å². The fourth-order valence-electron chi connectivity index (χ4n) is 2.49. The van der Waals surface area contributed by atoms with E-state index in [2.05, 4.69) is 9.44 Å². The quantitative estimate of drug-likeness (QED) is 0.741. The molecule has 1 aliphatic rings. The first kappa shape index (κ1) is 17.2. The van der Waals surface area contributed by atoms with Crippen LogP contribution < -0.4 is 15.2 Å². The van der Waals surface area contributed by atoms with E-state index in [1.54, 1.807) is 13.8 Å². The van der Waals surface area contributed by atoms with E-state index in [1.165, 1.54) is 0 Å². The molecule has 0 bridgehead atoms. The van der Waals surface area contributed by atoms with Gasteiger partial charge in [0.25, 0.3) is 10.2 Å². The van der Waals surface area contributed by atoms with Crippen molar-refractivity contribution >= 4 is 28.3 Å². The molecule has 4 N–H and O–H groups in total. The summed E-state index contributed by atoms with van der Waals surface area (Å²) in [7, 11) is -3.46. The molecule has 1 atom stereocenters. The zero-order valence-electron chi connectivity index (χ0n) is 11.7. The minimum absolute atomic E-state index is 0. The molecule has 0 spiro atoms. The number of aryl methyl sites for hydroxylation is 1. The molecule has 1 unspecified atom stereocenters. The van der Waals surface area contributed by atoms with Gasteiger partial charge in [-0.3, -0.25) is 0 Å². The molecule has 0 saturated heterocycles. The molecule has 0 aliphatic heterocycles. The maximum absolute atomic E-state index is 11.9. The zero-order chi connectivity index (χ0) is 14.0. The van der Waals surface area contributed by atoms with Crippen molar-refractivity contribution in [3.8, 4) is 0 Å². The van der Waals surface area contributed by atoms with E-state index in [9.17, 15) is 8.42 Å². The van der Waals surface area contributed by atoms with Gasteiger partial charge in [0.05, 0.1) is 0 Å². The molecule has 0 aromatic heterocycles. The van der Waals surface area contributed by atoms with Gasteiger partial charge in [-0.2, -0.15) is 17.9 Å². The van der Waals surface area contributed by atoms with E-state index < -0.39 is 10.2 Å². The molecule has 0 saturated carbocycles. The Hall–Kier alpha value is -0.820. The van der Waals surface area contributed by atoms with Crippen molar-refractivity contribution in [1.29, 1.82) is 0 Å². The Labute approximate surface area is 126 Å². The summed E-state index contributed by atoms with van der Waals surface area (Å²) in [6.45, 7) is 3.60. The number of benzene rings is 1. The number of fused-ring (bicyclic) bond motifs is 1. The van der Waals surface area contributed by atoms with Crippen LogP contribution in [0.25, 0.3) is 0 Å². The molecule has 114 valence electrons. The van der Waals surface area contributed by atoms with Crippen molar-refractivity contribution in [2.24, 2.45) is 0 Å². The highest BCUT2D eigenvalue weighted by Gasteiger charge is 2.24. The Bertz CT molecular complexity index is 561. The van der Waals surface area contributed by atoms with E-state index in [-0.39, 0.29) is 24.5 Å². The van der Waals surface area contributed by atoms with Crippen LogP contribution in [0, 0.1) is 0 Å². The predicted molar refractivity (Wildman–Crippen MR) is 84.1 cm³/mol. The first-order valence-corrected chi connectivity index (χ1v) is 8.03. The highest BCUT2D eigenvalue weighted by molar-refractivity contribution is 7.87. The van der Waals surface area contributed by atoms with Crippen LogP contribution in [0.5, 0.6) is 0 Å². The van der Waals surface area contributed by atoms with Crippen LogP contribution in [-0.2, 0) is 16.6 Å². The minimum Gasteiger partial charge on any atom is -0.399 e. The Morgan fingerprint density at radius 2 is 2.05 bits per heavy atom. The summed E-state index contributed by atoms with van der Waals surface area (Å²) >= 11 is 0. The number of nitrogens with two attached hydrogens (primary N) is 1. The average Bonchev–Trinajstić information content (AvgIpc) is 2.26. The molecule has 0 radical (unpaired) electrons. The Balaban J connectivity index is 0.00000200. The third-order valence-electron chi connectivity index (χ3n) is 3.17. The number of rotatable bonds is 4. The van der Waals surface area contributed by atoms with Crippen LogP contribution in [0.15, 0.2) is 18.2 Å². The monoisotopic (exact) mass is 319 g/mol. The lowest BCUT2D eigenvalue weighted by Gasteiger charge is -2.27. The van der Waals surface area contributed by atoms with Crippen LogP contribution in [0.3, 0.4) is 0 Å². The van der Waals surface area contributed by atoms with Crippen LogP contribution >= 0.6 is 12.4 Å². The Morgan fingerprint density at radius 3 is 2.70 bits per heavy atom. The number of nitrogens with one attached hydrogen (secondary N) is 2. The molecule has 0 fully saturated rings. The van der Waals surface area contributed by atoms with E-state index in [1.807, 2.05) is 18.2 Å². The van der Waals surface area contributed by atoms with Crippen molar-refractivity contribution in [3.05, 3.63) is 29.3 Å². The normalized spacial score (nSPS) is 18.4. The SMILES string of the molecule is CC(C)NS(=O)(=O)NC1CCCc2cc(N)ccc21.Cl. The molecular formula is C13H22ClN3O2S. The molecule has 1 aromatic carbocycles. The first-order chi connectivity index (χ1) is 8.87. The summed E-state index contributed by atoms with van der Waals surface area (Å²) in [5.41, 5.74) is 8.67. The van der Waals surface area contributed by atoms with E-state index in [0.29, 0.717) is 0 Å². The third kappa shape index (κ3) is 4.34. The molecule has 1 aromatic rings. The average molecular weight is 320 g/mol. The number of hydrogen-bond donors (Lipinski definition) is 3. The van der Waals surface area contributed by atoms with Crippen molar-refractivity contribution in [2.75, 3.05) is 5.73 Å². The second-order valence-electron chi connectivity index (χ2n) is 5.30. The van der Waals surface area contributed by atoms with Gasteiger partial charge in [0, 0.05) is 17.8 Å². The lowest BCUT2D eigenvalue weighted by Crippen LogP contribution is -2.42. The van der Waals surface area contributed by atoms with Crippen molar-refractivity contribution in [1.82, 2.24) is 9.44 Å². The zero-order valence-corrected chi connectivity index (χ0v) is 13.4. The molecule has 7 heteroatoms. The summed E-state index contributed by atoms with van der Waals surface area (Å²) < 4.78 is 29.1. The summed E-state index contributed by atoms with van der Waals surface area (Å²) in [6.07, 6.45) is 2.73. The van der Waals surface area contributed by atoms with Gasteiger partial charge in [-0.05, 0) is 56.4 Å². The lowest BCUT2D eigenvalue weighted by atomic mass is 9.88. The van der Waals surface area contributed by atoms with Crippen molar-refractivity contribution in [3.63, 3.8) is 0 Å². The third-order valence-corrected chi connectivity index (χ3v) is 4.55. The second-order valence-corrected chi connectivity index (χ2v) is 6.78. The maximum atomic E-state index is 11.9. The number of nitrogen functional groups attached to an aromatic ring is 1. The molecule has 0 amide bonds. The second kappa shape index (κ2) is 6.76. The van der Waals surface area contributed by atoms with Gasteiger partial charge in [0.1, 0.15) is 0 Å². The summed E-state index contributed by atoms with van der Waals surface area (Å²) in [4.78, 5) is 0. The number of halogens is 1. The fraction of sp³-hybridized carbons (Fsp3) is 0.538. The first-order valence-electron chi connectivity index (χ1n) is 6.55. The maximum Gasteiger partial charge on any atom is 0.277 e. The van der Waals surface area contributed by atoms with Crippen LogP contribution in [0.1, 0.15) is 43.9 Å². The lowest BCUT2D eigenvalue weighted by molar-refractivity contribution is 0.495. The largest absolute Gasteiger partial charge is 0.399 e. The molecule has 5 nitrogen and oxygen atoms in total. The van der Waals surface area contributed by atoms with Crippen molar-refractivity contribution in [2.45, 2.75) is 45.2 Å². The number of hydrogen-bond acceptors (Lipinski definition) is 3. The topological polar surface area (TPSA) is 84.2 Å². The number of anilines is 1. The minimum atomic E-state index is -3.46. The van der Waals surface area contributed by atoms with Gasteiger partial charge in [-0.25, -0.2) is 0 Å². The van der Waals surface area contributed by atoms with Crippen LogP contribution in [0.4, 0.5) is 5.69 Å². The molecule has 0 heterocycles. The van der Waals surface area contributed by atoms with Gasteiger partial charge >= 0.3 is 0 Å². The van der Waals surface area contributed by atoms with Gasteiger partial charge in [-0.1, -0.05) is 6.07 Å². The van der Waals surface area contributed by atoms with E-state index in [4.69, 9.17) is 5.73 Å². The van der Waals surface area contributed by atoms with Crippen molar-refractivity contribution < 1.29 is 8.42 Å². The highest BCUT2D eigenvalue weighted by atomic mass is 35.5. The van der Waals surface area contributed by atoms with Gasteiger partial charge < -0.3 is 5.73 Å². The summed E-state index contributed by atoms with van der Waals surface area (Å²) in [5, 5.41) is 0. The van der Waals surface area contributed by atoms with Gasteiger partial charge in [0.15, 0.2) is 0 Å². The standard InChI is InChI=1S/C13H21N3O2S.ClH/c1-9(2)15-19(17,18)16-13-5-3-4-10-8-11(14)6-7-12(10)13;/h6-9,13,15-16H,3-5,14H2,1-2H3;1H. The summed E-state index contributed by atoms with van der Waals surface area (Å²) in [5.74, 6) is 0. The highest BCUT2D eigenvalue weighted by Crippen LogP contribution is 2.31. The van der Waals surface area contributed by atoms with Crippen LogP contribution in [-0.4, -0.2) is 14.5 Å². The Morgan fingerprint density at radius 1 is 1.35 bits per heavy atom.